The van der Waals surface area contributed by atoms with Gasteiger partial charge in [-0.3, -0.25) is 4.79 Å². The lowest BCUT2D eigenvalue weighted by Crippen LogP contribution is -2.36. The Morgan fingerprint density at radius 2 is 2.32 bits per heavy atom. The fourth-order valence-electron chi connectivity index (χ4n) is 2.75. The molecule has 1 aromatic rings. The van der Waals surface area contributed by atoms with Gasteiger partial charge in [0.25, 0.3) is 0 Å². The summed E-state index contributed by atoms with van der Waals surface area (Å²) in [5, 5.41) is 0. The number of hydrogen-bond donors (Lipinski definition) is 0. The molecule has 1 aliphatic rings. The summed E-state index contributed by atoms with van der Waals surface area (Å²) in [6.07, 6.45) is 4.24. The lowest BCUT2D eigenvalue weighted by Gasteiger charge is -2.32. The molecule has 1 unspecified atom stereocenters. The largest absolute Gasteiger partial charge is 0.303 e. The van der Waals surface area contributed by atoms with E-state index < -0.39 is 0 Å². The Kier molecular flexibility index (Phi) is 5.08. The average Bonchev–Trinajstić information content (AvgIpc) is 2.45. The molecule has 2 rings (SSSR count). The zero-order chi connectivity index (χ0) is 13.7. The summed E-state index contributed by atoms with van der Waals surface area (Å²) in [5.41, 5.74) is 0.490. The first-order valence-corrected chi connectivity index (χ1v) is 7.20. The highest BCUT2D eigenvalue weighted by atomic mass is 19.1. The van der Waals surface area contributed by atoms with Gasteiger partial charge >= 0.3 is 0 Å². The van der Waals surface area contributed by atoms with Crippen LogP contribution in [0, 0.1) is 11.7 Å². The van der Waals surface area contributed by atoms with Crippen LogP contribution in [0.1, 0.15) is 43.0 Å². The number of rotatable bonds is 5. The van der Waals surface area contributed by atoms with Crippen LogP contribution >= 0.6 is 0 Å². The second-order valence-corrected chi connectivity index (χ2v) is 5.40. The van der Waals surface area contributed by atoms with E-state index >= 15 is 0 Å². The van der Waals surface area contributed by atoms with E-state index in [9.17, 15) is 9.18 Å². The van der Waals surface area contributed by atoms with Gasteiger partial charge in [-0.05, 0) is 37.4 Å². The van der Waals surface area contributed by atoms with Crippen molar-refractivity contribution < 1.29 is 9.18 Å². The summed E-state index contributed by atoms with van der Waals surface area (Å²) in [6.45, 7) is 5.22. The van der Waals surface area contributed by atoms with Crippen LogP contribution in [-0.2, 0) is 0 Å². The predicted molar refractivity (Wildman–Crippen MR) is 74.8 cm³/mol. The molecule has 1 aromatic carbocycles. The van der Waals surface area contributed by atoms with Crippen molar-refractivity contribution >= 4 is 5.78 Å². The van der Waals surface area contributed by atoms with Crippen molar-refractivity contribution in [2.75, 3.05) is 19.6 Å². The SMILES string of the molecule is CCC1CCCN(CCC(=O)c2cccc(F)c2)C1. The fraction of sp³-hybridized carbons (Fsp3) is 0.562. The van der Waals surface area contributed by atoms with Crippen molar-refractivity contribution in [3.8, 4) is 0 Å². The van der Waals surface area contributed by atoms with Gasteiger partial charge in [0.2, 0.25) is 0 Å². The van der Waals surface area contributed by atoms with Gasteiger partial charge in [-0.1, -0.05) is 25.5 Å². The van der Waals surface area contributed by atoms with E-state index in [1.54, 1.807) is 12.1 Å². The molecule has 2 nitrogen and oxygen atoms in total. The molecular weight excluding hydrogens is 241 g/mol. The molecule has 1 atom stereocenters. The molecule has 0 saturated carbocycles. The first-order valence-electron chi connectivity index (χ1n) is 7.20. The number of benzene rings is 1. The number of Topliss-reactive ketones (excluding diaryl/α,β-unsaturated/α-hetero) is 1. The summed E-state index contributed by atoms with van der Waals surface area (Å²) in [6, 6.07) is 5.98. The third kappa shape index (κ3) is 4.13. The van der Waals surface area contributed by atoms with Crippen LogP contribution in [0.15, 0.2) is 24.3 Å². The molecule has 3 heteroatoms. The number of carbonyl (C=O) groups excluding carboxylic acids is 1. The van der Waals surface area contributed by atoms with E-state index in [-0.39, 0.29) is 11.6 Å². The normalized spacial score (nSPS) is 20.4. The molecule has 0 spiro atoms. The second kappa shape index (κ2) is 6.80. The molecule has 1 aliphatic heterocycles. The molecule has 0 bridgehead atoms. The highest BCUT2D eigenvalue weighted by Gasteiger charge is 2.19. The summed E-state index contributed by atoms with van der Waals surface area (Å²) >= 11 is 0. The molecule has 0 aromatic heterocycles. The topological polar surface area (TPSA) is 20.3 Å². The molecular formula is C16H22FNO. The van der Waals surface area contributed by atoms with E-state index in [0.717, 1.165) is 25.6 Å². The molecule has 0 aliphatic carbocycles. The number of piperidine rings is 1. The van der Waals surface area contributed by atoms with Crippen molar-refractivity contribution in [2.45, 2.75) is 32.6 Å². The van der Waals surface area contributed by atoms with Gasteiger partial charge < -0.3 is 4.90 Å². The third-order valence-electron chi connectivity index (χ3n) is 3.98. The zero-order valence-corrected chi connectivity index (χ0v) is 11.6. The molecule has 1 heterocycles. The number of ketones is 1. The quantitative estimate of drug-likeness (QED) is 0.758. The Balaban J connectivity index is 1.83. The summed E-state index contributed by atoms with van der Waals surface area (Å²) in [4.78, 5) is 14.4. The standard InChI is InChI=1S/C16H22FNO/c1-2-13-5-4-9-18(12-13)10-8-16(19)14-6-3-7-15(17)11-14/h3,6-7,11,13H,2,4-5,8-10,12H2,1H3. The van der Waals surface area contributed by atoms with Gasteiger partial charge in [0, 0.05) is 25.1 Å². The highest BCUT2D eigenvalue weighted by molar-refractivity contribution is 5.96. The van der Waals surface area contributed by atoms with Gasteiger partial charge in [-0.15, -0.1) is 0 Å². The minimum atomic E-state index is -0.338. The monoisotopic (exact) mass is 263 g/mol. The zero-order valence-electron chi connectivity index (χ0n) is 11.6. The average molecular weight is 263 g/mol. The smallest absolute Gasteiger partial charge is 0.164 e. The number of likely N-dealkylation sites (tertiary alicyclic amines) is 1. The fourth-order valence-corrected chi connectivity index (χ4v) is 2.75. The lowest BCUT2D eigenvalue weighted by atomic mass is 9.95. The molecule has 0 amide bonds. The van der Waals surface area contributed by atoms with Crippen molar-refractivity contribution in [3.05, 3.63) is 35.6 Å². The first kappa shape index (κ1) is 14.2. The van der Waals surface area contributed by atoms with Crippen LogP contribution in [0.3, 0.4) is 0 Å². The van der Waals surface area contributed by atoms with Crippen molar-refractivity contribution in [3.63, 3.8) is 0 Å². The Labute approximate surface area is 114 Å². The Morgan fingerprint density at radius 1 is 1.47 bits per heavy atom. The summed E-state index contributed by atoms with van der Waals surface area (Å²) < 4.78 is 13.1. The Morgan fingerprint density at radius 3 is 3.05 bits per heavy atom. The highest BCUT2D eigenvalue weighted by Crippen LogP contribution is 2.19. The Hall–Kier alpha value is -1.22. The second-order valence-electron chi connectivity index (χ2n) is 5.40. The van der Waals surface area contributed by atoms with E-state index in [4.69, 9.17) is 0 Å². The number of hydrogen-bond acceptors (Lipinski definition) is 2. The van der Waals surface area contributed by atoms with Gasteiger partial charge in [-0.25, -0.2) is 4.39 Å². The van der Waals surface area contributed by atoms with E-state index in [2.05, 4.69) is 11.8 Å². The lowest BCUT2D eigenvalue weighted by molar-refractivity contribution is 0.0945. The van der Waals surface area contributed by atoms with Crippen molar-refractivity contribution in [1.82, 2.24) is 4.90 Å². The predicted octanol–water partition coefficient (Wildman–Crippen LogP) is 3.52. The summed E-state index contributed by atoms with van der Waals surface area (Å²) in [7, 11) is 0. The van der Waals surface area contributed by atoms with Gasteiger partial charge in [0.05, 0.1) is 0 Å². The maximum atomic E-state index is 13.1. The maximum Gasteiger partial charge on any atom is 0.164 e. The van der Waals surface area contributed by atoms with E-state index in [1.165, 1.54) is 31.4 Å². The van der Waals surface area contributed by atoms with Crippen LogP contribution in [0.4, 0.5) is 4.39 Å². The van der Waals surface area contributed by atoms with Crippen LogP contribution in [-0.4, -0.2) is 30.3 Å². The number of halogens is 1. The molecule has 0 N–H and O–H groups in total. The van der Waals surface area contributed by atoms with Gasteiger partial charge in [0.15, 0.2) is 5.78 Å². The minimum Gasteiger partial charge on any atom is -0.303 e. The molecule has 104 valence electrons. The van der Waals surface area contributed by atoms with E-state index in [0.29, 0.717) is 12.0 Å². The van der Waals surface area contributed by atoms with Gasteiger partial charge in [-0.2, -0.15) is 0 Å². The van der Waals surface area contributed by atoms with E-state index in [1.807, 2.05) is 0 Å². The van der Waals surface area contributed by atoms with Crippen LogP contribution < -0.4 is 0 Å². The van der Waals surface area contributed by atoms with Crippen LogP contribution in [0.5, 0.6) is 0 Å². The third-order valence-corrected chi connectivity index (χ3v) is 3.98. The van der Waals surface area contributed by atoms with Crippen LogP contribution in [0.25, 0.3) is 0 Å². The number of nitrogens with zero attached hydrogens (tertiary/aromatic N) is 1. The Bertz CT molecular complexity index is 433. The first-order chi connectivity index (χ1) is 9.19. The van der Waals surface area contributed by atoms with Gasteiger partial charge in [0.1, 0.15) is 5.82 Å². The van der Waals surface area contributed by atoms with Crippen molar-refractivity contribution in [2.24, 2.45) is 5.92 Å². The molecule has 1 fully saturated rings. The minimum absolute atomic E-state index is 0.0399. The maximum absolute atomic E-state index is 13.1. The number of carbonyl (C=O) groups is 1. The molecule has 1 saturated heterocycles. The molecule has 19 heavy (non-hydrogen) atoms. The van der Waals surface area contributed by atoms with Crippen LogP contribution in [0.2, 0.25) is 0 Å². The summed E-state index contributed by atoms with van der Waals surface area (Å²) in [5.74, 6) is 0.478. The van der Waals surface area contributed by atoms with Crippen molar-refractivity contribution in [1.29, 1.82) is 0 Å². The molecule has 0 radical (unpaired) electrons.